The fraction of sp³-hybridized carbons (Fsp3) is 0.778. The summed E-state index contributed by atoms with van der Waals surface area (Å²) in [6.45, 7) is 2.14. The zero-order valence-corrected chi connectivity index (χ0v) is 14.0. The third kappa shape index (κ3) is 7.21. The molecule has 1 N–H and O–H groups in total. The van der Waals surface area contributed by atoms with Crippen LogP contribution in [0.25, 0.3) is 0 Å². The van der Waals surface area contributed by atoms with Gasteiger partial charge in [0.25, 0.3) is 0 Å². The van der Waals surface area contributed by atoms with Crippen LogP contribution in [-0.2, 0) is 14.3 Å². The van der Waals surface area contributed by atoms with Crippen LogP contribution >= 0.6 is 0 Å². The first-order chi connectivity index (χ1) is 10.6. The van der Waals surface area contributed by atoms with Crippen molar-refractivity contribution >= 4 is 11.8 Å². The van der Waals surface area contributed by atoms with Crippen molar-refractivity contribution in [3.8, 4) is 0 Å². The van der Waals surface area contributed by atoms with E-state index < -0.39 is 5.97 Å². The van der Waals surface area contributed by atoms with E-state index in [1.165, 1.54) is 5.57 Å². The van der Waals surface area contributed by atoms with Gasteiger partial charge in [0, 0.05) is 19.4 Å². The topological polar surface area (TPSA) is 63.6 Å². The Morgan fingerprint density at radius 3 is 2.82 bits per heavy atom. The first kappa shape index (κ1) is 18.9. The molecule has 0 aromatic carbocycles. The summed E-state index contributed by atoms with van der Waals surface area (Å²) in [5.74, 6) is -1.03. The highest BCUT2D eigenvalue weighted by Gasteiger charge is 2.23. The molecule has 1 rings (SSSR count). The summed E-state index contributed by atoms with van der Waals surface area (Å²) in [5, 5.41) is 8.90. The first-order valence-corrected chi connectivity index (χ1v) is 8.52. The van der Waals surface area contributed by atoms with E-state index in [1.807, 2.05) is 0 Å². The lowest BCUT2D eigenvalue weighted by Crippen LogP contribution is -2.20. The van der Waals surface area contributed by atoms with Crippen molar-refractivity contribution in [1.29, 1.82) is 0 Å². The fourth-order valence-corrected chi connectivity index (χ4v) is 3.11. The second-order valence-electron chi connectivity index (χ2n) is 6.21. The van der Waals surface area contributed by atoms with E-state index in [0.717, 1.165) is 44.9 Å². The minimum Gasteiger partial charge on any atom is -0.481 e. The highest BCUT2D eigenvalue weighted by molar-refractivity contribution is 5.85. The molecule has 0 aromatic rings. The molecule has 0 aliphatic heterocycles. The number of ketones is 1. The van der Waals surface area contributed by atoms with Crippen molar-refractivity contribution < 1.29 is 19.4 Å². The fourth-order valence-electron chi connectivity index (χ4n) is 3.11. The number of ether oxygens (including phenoxy) is 1. The van der Waals surface area contributed by atoms with Gasteiger partial charge in [0.1, 0.15) is 5.78 Å². The predicted octanol–water partition coefficient (Wildman–Crippen LogP) is 4.13. The number of Topliss-reactive ketones (excluding diaryl/α,β-unsaturated/α-hetero) is 1. The summed E-state index contributed by atoms with van der Waals surface area (Å²) in [6.07, 6.45) is 10.9. The Bertz CT molecular complexity index is 383. The number of carboxylic acid groups (broad SMARTS) is 1. The van der Waals surface area contributed by atoms with E-state index in [1.54, 1.807) is 7.11 Å². The maximum Gasteiger partial charge on any atom is 0.304 e. The molecule has 4 heteroatoms. The van der Waals surface area contributed by atoms with Crippen LogP contribution in [0.4, 0.5) is 0 Å². The number of allylic oxidation sites excluding steroid dienone is 2. The van der Waals surface area contributed by atoms with Crippen molar-refractivity contribution in [3.63, 3.8) is 0 Å². The molecule has 1 aliphatic rings. The van der Waals surface area contributed by atoms with Gasteiger partial charge >= 0.3 is 5.97 Å². The quantitative estimate of drug-likeness (QED) is 0.541. The second kappa shape index (κ2) is 10.5. The number of hydrogen-bond acceptors (Lipinski definition) is 3. The van der Waals surface area contributed by atoms with Gasteiger partial charge in [-0.2, -0.15) is 0 Å². The second-order valence-corrected chi connectivity index (χ2v) is 6.21. The molecule has 0 bridgehead atoms. The molecule has 0 aromatic heterocycles. The van der Waals surface area contributed by atoms with Crippen LogP contribution in [0.3, 0.4) is 0 Å². The number of carbonyl (C=O) groups excluding carboxylic acids is 1. The van der Waals surface area contributed by atoms with Crippen LogP contribution in [0.2, 0.25) is 0 Å². The summed E-state index contributed by atoms with van der Waals surface area (Å²) >= 11 is 0. The molecule has 1 fully saturated rings. The number of methoxy groups -OCH3 is 1. The van der Waals surface area contributed by atoms with E-state index in [9.17, 15) is 9.59 Å². The molecule has 22 heavy (non-hydrogen) atoms. The van der Waals surface area contributed by atoms with Crippen molar-refractivity contribution in [2.24, 2.45) is 5.92 Å². The molecule has 126 valence electrons. The molecule has 4 nitrogen and oxygen atoms in total. The summed E-state index contributed by atoms with van der Waals surface area (Å²) in [6, 6.07) is 0. The van der Waals surface area contributed by atoms with Gasteiger partial charge in [-0.3, -0.25) is 9.59 Å². The number of rotatable bonds is 8. The predicted molar refractivity (Wildman–Crippen MR) is 86.9 cm³/mol. The highest BCUT2D eigenvalue weighted by Crippen LogP contribution is 2.26. The molecule has 0 heterocycles. The summed E-state index contributed by atoms with van der Waals surface area (Å²) < 4.78 is 5.38. The maximum atomic E-state index is 11.9. The van der Waals surface area contributed by atoms with Crippen molar-refractivity contribution in [2.45, 2.75) is 77.2 Å². The molecule has 2 unspecified atom stereocenters. The normalized spacial score (nSPS) is 23.1. The van der Waals surface area contributed by atoms with Crippen molar-refractivity contribution in [2.75, 3.05) is 7.11 Å². The van der Waals surface area contributed by atoms with Crippen LogP contribution in [0.5, 0.6) is 0 Å². The maximum absolute atomic E-state index is 11.9. The SMILES string of the molecule is CCC(CCCC=C1CCCC(=O)C(CC(=O)O)CC1)OC. The van der Waals surface area contributed by atoms with Crippen LogP contribution in [0.1, 0.15) is 71.1 Å². The molecule has 0 spiro atoms. The van der Waals surface area contributed by atoms with Gasteiger partial charge in [-0.05, 0) is 51.4 Å². The zero-order valence-electron chi connectivity index (χ0n) is 14.0. The molecule has 0 radical (unpaired) electrons. The third-order valence-electron chi connectivity index (χ3n) is 4.56. The lowest BCUT2D eigenvalue weighted by molar-refractivity contribution is -0.140. The lowest BCUT2D eigenvalue weighted by atomic mass is 9.85. The molecule has 0 saturated heterocycles. The molecule has 1 aliphatic carbocycles. The Morgan fingerprint density at radius 1 is 1.41 bits per heavy atom. The molecular formula is C18H30O4. The van der Waals surface area contributed by atoms with E-state index in [-0.39, 0.29) is 18.1 Å². The van der Waals surface area contributed by atoms with Gasteiger partial charge in [-0.15, -0.1) is 0 Å². The largest absolute Gasteiger partial charge is 0.481 e. The van der Waals surface area contributed by atoms with Crippen molar-refractivity contribution in [1.82, 2.24) is 0 Å². The summed E-state index contributed by atoms with van der Waals surface area (Å²) in [4.78, 5) is 22.8. The first-order valence-electron chi connectivity index (χ1n) is 8.52. The Balaban J connectivity index is 2.42. The third-order valence-corrected chi connectivity index (χ3v) is 4.56. The molecule has 1 saturated carbocycles. The number of carboxylic acids is 1. The molecule has 0 amide bonds. The Kier molecular flexibility index (Phi) is 9.05. The standard InChI is InChI=1S/C18H30O4/c1-3-16(22-2)9-5-4-7-14-8-6-10-17(19)15(12-11-14)13-18(20)21/h7,15-16H,3-6,8-13H2,1-2H3,(H,20,21). The van der Waals surface area contributed by atoms with Crippen LogP contribution in [0.15, 0.2) is 11.6 Å². The van der Waals surface area contributed by atoms with Crippen LogP contribution < -0.4 is 0 Å². The van der Waals surface area contributed by atoms with Gasteiger partial charge in [-0.25, -0.2) is 0 Å². The monoisotopic (exact) mass is 310 g/mol. The number of aliphatic carboxylic acids is 1. The van der Waals surface area contributed by atoms with E-state index in [2.05, 4.69) is 13.0 Å². The van der Waals surface area contributed by atoms with Gasteiger partial charge in [0.2, 0.25) is 0 Å². The van der Waals surface area contributed by atoms with Gasteiger partial charge < -0.3 is 9.84 Å². The Hall–Kier alpha value is -1.16. The van der Waals surface area contributed by atoms with E-state index in [0.29, 0.717) is 18.9 Å². The highest BCUT2D eigenvalue weighted by atomic mass is 16.5. The smallest absolute Gasteiger partial charge is 0.304 e. The lowest BCUT2D eigenvalue weighted by Gasteiger charge is -2.19. The van der Waals surface area contributed by atoms with Gasteiger partial charge in [-0.1, -0.05) is 18.6 Å². The van der Waals surface area contributed by atoms with E-state index >= 15 is 0 Å². The Morgan fingerprint density at radius 2 is 2.18 bits per heavy atom. The average Bonchev–Trinajstić information content (AvgIpc) is 2.48. The van der Waals surface area contributed by atoms with E-state index in [4.69, 9.17) is 9.84 Å². The van der Waals surface area contributed by atoms with Crippen molar-refractivity contribution in [3.05, 3.63) is 11.6 Å². The summed E-state index contributed by atoms with van der Waals surface area (Å²) in [5.41, 5.74) is 1.40. The zero-order chi connectivity index (χ0) is 16.4. The molecular weight excluding hydrogens is 280 g/mol. The molecule has 2 atom stereocenters. The van der Waals surface area contributed by atoms with Gasteiger partial charge in [0.15, 0.2) is 0 Å². The van der Waals surface area contributed by atoms with Crippen LogP contribution in [-0.4, -0.2) is 30.1 Å². The minimum absolute atomic E-state index is 0.0157. The summed E-state index contributed by atoms with van der Waals surface area (Å²) in [7, 11) is 1.76. The Labute approximate surface area is 133 Å². The average molecular weight is 310 g/mol. The number of carbonyl (C=O) groups is 2. The number of unbranched alkanes of at least 4 members (excludes halogenated alkanes) is 1. The van der Waals surface area contributed by atoms with Gasteiger partial charge in [0.05, 0.1) is 12.5 Å². The van der Waals surface area contributed by atoms with Crippen LogP contribution in [0, 0.1) is 5.92 Å². The minimum atomic E-state index is -0.866. The number of hydrogen-bond donors (Lipinski definition) is 1.